The lowest BCUT2D eigenvalue weighted by molar-refractivity contribution is -0.274. The Hall–Kier alpha value is -2.62. The first kappa shape index (κ1) is 17.7. The molecule has 0 saturated carbocycles. The Labute approximate surface area is 138 Å². The zero-order valence-corrected chi connectivity index (χ0v) is 13.2. The van der Waals surface area contributed by atoms with E-state index in [0.29, 0.717) is 5.69 Å². The number of alkyl halides is 3. The molecule has 128 valence electrons. The van der Waals surface area contributed by atoms with Gasteiger partial charge in [0.2, 0.25) is 0 Å². The smallest absolute Gasteiger partial charge is 0.465 e. The van der Waals surface area contributed by atoms with Gasteiger partial charge in [-0.1, -0.05) is 11.3 Å². The van der Waals surface area contributed by atoms with E-state index in [1.807, 2.05) is 0 Å². The number of carbonyl (C=O) groups excluding carboxylic acids is 2. The van der Waals surface area contributed by atoms with Gasteiger partial charge in [-0.05, 0) is 31.2 Å². The second kappa shape index (κ2) is 6.87. The Kier molecular flexibility index (Phi) is 5.07. The molecule has 0 bridgehead atoms. The van der Waals surface area contributed by atoms with Crippen molar-refractivity contribution in [3.8, 4) is 5.75 Å². The maximum Gasteiger partial charge on any atom is 0.573 e. The number of methoxy groups -OCH3 is 1. The van der Waals surface area contributed by atoms with E-state index < -0.39 is 24.0 Å². The lowest BCUT2D eigenvalue weighted by atomic mass is 10.2. The van der Waals surface area contributed by atoms with E-state index >= 15 is 0 Å². The number of nitrogens with one attached hydrogen (secondary N) is 1. The average Bonchev–Trinajstić information content (AvgIpc) is 2.86. The molecule has 1 heterocycles. The van der Waals surface area contributed by atoms with Crippen LogP contribution in [-0.4, -0.2) is 30.3 Å². The first-order valence-electron chi connectivity index (χ1n) is 6.42. The first-order valence-corrected chi connectivity index (χ1v) is 7.24. The van der Waals surface area contributed by atoms with Crippen molar-refractivity contribution in [2.24, 2.45) is 0 Å². The molecule has 2 rings (SSSR count). The van der Waals surface area contributed by atoms with Gasteiger partial charge >= 0.3 is 12.3 Å². The first-order chi connectivity index (χ1) is 11.2. The molecule has 1 aromatic carbocycles. The Morgan fingerprint density at radius 2 is 1.83 bits per heavy atom. The summed E-state index contributed by atoms with van der Waals surface area (Å²) in [6.45, 7) is 1.58. The summed E-state index contributed by atoms with van der Waals surface area (Å²) in [5, 5.41) is 2.64. The van der Waals surface area contributed by atoms with Gasteiger partial charge in [-0.15, -0.1) is 13.2 Å². The molecule has 0 aliphatic heterocycles. The largest absolute Gasteiger partial charge is 0.573 e. The highest BCUT2D eigenvalue weighted by Crippen LogP contribution is 2.25. The van der Waals surface area contributed by atoms with Gasteiger partial charge in [-0.2, -0.15) is 0 Å². The lowest BCUT2D eigenvalue weighted by Crippen LogP contribution is -2.17. The number of benzene rings is 1. The topological polar surface area (TPSA) is 77.5 Å². The minimum atomic E-state index is -4.80. The van der Waals surface area contributed by atoms with Crippen molar-refractivity contribution >= 4 is 28.3 Å². The van der Waals surface area contributed by atoms with Crippen molar-refractivity contribution in [3.05, 3.63) is 40.4 Å². The number of anilines is 1. The van der Waals surface area contributed by atoms with Crippen molar-refractivity contribution in [1.82, 2.24) is 4.98 Å². The van der Waals surface area contributed by atoms with Gasteiger partial charge < -0.3 is 9.47 Å². The SMILES string of the molecule is COC(=O)c1sc(NC(=O)c2ccc(OC(F)(F)F)cc2)nc1C. The van der Waals surface area contributed by atoms with Gasteiger partial charge in [-0.25, -0.2) is 9.78 Å². The third-order valence-electron chi connectivity index (χ3n) is 2.74. The molecule has 6 nitrogen and oxygen atoms in total. The Balaban J connectivity index is 2.09. The number of rotatable bonds is 4. The molecule has 1 amide bonds. The summed E-state index contributed by atoms with van der Waals surface area (Å²) < 4.78 is 44.5. The van der Waals surface area contributed by atoms with Crippen LogP contribution < -0.4 is 10.1 Å². The summed E-state index contributed by atoms with van der Waals surface area (Å²) in [6.07, 6.45) is -4.80. The highest BCUT2D eigenvalue weighted by Gasteiger charge is 2.31. The Bertz CT molecular complexity index is 756. The minimum Gasteiger partial charge on any atom is -0.465 e. The molecule has 10 heteroatoms. The van der Waals surface area contributed by atoms with Gasteiger partial charge in [0.25, 0.3) is 5.91 Å². The van der Waals surface area contributed by atoms with Crippen molar-refractivity contribution in [1.29, 1.82) is 0 Å². The maximum absolute atomic E-state index is 12.1. The van der Waals surface area contributed by atoms with Crippen LogP contribution in [0.5, 0.6) is 5.75 Å². The predicted octanol–water partition coefficient (Wildman–Crippen LogP) is 3.39. The fourth-order valence-electron chi connectivity index (χ4n) is 1.71. The van der Waals surface area contributed by atoms with Crippen molar-refractivity contribution < 1.29 is 32.2 Å². The van der Waals surface area contributed by atoms with Crippen molar-refractivity contribution in [2.45, 2.75) is 13.3 Å². The van der Waals surface area contributed by atoms with E-state index in [9.17, 15) is 22.8 Å². The summed E-state index contributed by atoms with van der Waals surface area (Å²) >= 11 is 0.935. The summed E-state index contributed by atoms with van der Waals surface area (Å²) in [6, 6.07) is 4.40. The average molecular weight is 360 g/mol. The molecule has 0 radical (unpaired) electrons. The number of halogens is 3. The monoisotopic (exact) mass is 360 g/mol. The van der Waals surface area contributed by atoms with E-state index in [1.165, 1.54) is 19.2 Å². The Morgan fingerprint density at radius 3 is 2.38 bits per heavy atom. The number of carbonyl (C=O) groups is 2. The molecule has 0 aliphatic rings. The van der Waals surface area contributed by atoms with Crippen LogP contribution in [0.3, 0.4) is 0 Å². The lowest BCUT2D eigenvalue weighted by Gasteiger charge is -2.09. The van der Waals surface area contributed by atoms with Gasteiger partial charge in [0.15, 0.2) is 5.13 Å². The van der Waals surface area contributed by atoms with E-state index in [-0.39, 0.29) is 15.6 Å². The number of ether oxygens (including phenoxy) is 2. The quantitative estimate of drug-likeness (QED) is 0.846. The maximum atomic E-state index is 12.1. The fraction of sp³-hybridized carbons (Fsp3) is 0.214. The summed E-state index contributed by atoms with van der Waals surface area (Å²) in [5.41, 5.74) is 0.507. The van der Waals surface area contributed by atoms with Crippen molar-refractivity contribution in [2.75, 3.05) is 12.4 Å². The van der Waals surface area contributed by atoms with Crippen LogP contribution >= 0.6 is 11.3 Å². The molecule has 0 unspecified atom stereocenters. The zero-order chi connectivity index (χ0) is 17.9. The van der Waals surface area contributed by atoms with Crippen LogP contribution in [0.4, 0.5) is 18.3 Å². The molecule has 0 spiro atoms. The molecule has 1 aromatic heterocycles. The van der Waals surface area contributed by atoms with Gasteiger partial charge in [0.05, 0.1) is 12.8 Å². The molecule has 24 heavy (non-hydrogen) atoms. The highest BCUT2D eigenvalue weighted by molar-refractivity contribution is 7.17. The van der Waals surface area contributed by atoms with E-state index in [2.05, 4.69) is 19.8 Å². The van der Waals surface area contributed by atoms with Crippen LogP contribution in [0, 0.1) is 6.92 Å². The van der Waals surface area contributed by atoms with Gasteiger partial charge in [0, 0.05) is 5.56 Å². The summed E-state index contributed by atoms with van der Waals surface area (Å²) in [4.78, 5) is 27.8. The number of thiazole rings is 1. The van der Waals surface area contributed by atoms with Gasteiger partial charge in [-0.3, -0.25) is 10.1 Å². The van der Waals surface area contributed by atoms with Crippen LogP contribution in [0.2, 0.25) is 0 Å². The molecular weight excluding hydrogens is 349 g/mol. The number of hydrogen-bond donors (Lipinski definition) is 1. The second-order valence-corrected chi connectivity index (χ2v) is 5.45. The third kappa shape index (κ3) is 4.44. The molecule has 2 aromatic rings. The standard InChI is InChI=1S/C14H11F3N2O4S/c1-7-10(12(21)22-2)24-13(18-7)19-11(20)8-3-5-9(6-4-8)23-14(15,16)17/h3-6H,1-2H3,(H,18,19,20). The van der Waals surface area contributed by atoms with E-state index in [0.717, 1.165) is 23.5 Å². The fourth-order valence-corrected chi connectivity index (χ4v) is 2.59. The molecular formula is C14H11F3N2O4S. The highest BCUT2D eigenvalue weighted by atomic mass is 32.1. The number of amides is 1. The van der Waals surface area contributed by atoms with Crippen molar-refractivity contribution in [3.63, 3.8) is 0 Å². The molecule has 0 atom stereocenters. The minimum absolute atomic E-state index is 0.108. The number of aromatic nitrogens is 1. The summed E-state index contributed by atoms with van der Waals surface area (Å²) in [7, 11) is 1.23. The van der Waals surface area contributed by atoms with E-state index in [1.54, 1.807) is 6.92 Å². The van der Waals surface area contributed by atoms with Crippen LogP contribution in [0.25, 0.3) is 0 Å². The zero-order valence-electron chi connectivity index (χ0n) is 12.4. The molecule has 0 saturated heterocycles. The molecule has 0 aliphatic carbocycles. The summed E-state index contributed by atoms with van der Waals surface area (Å²) in [5.74, 6) is -1.59. The number of esters is 1. The molecule has 0 fully saturated rings. The third-order valence-corrected chi connectivity index (χ3v) is 3.79. The number of nitrogens with zero attached hydrogens (tertiary/aromatic N) is 1. The van der Waals surface area contributed by atoms with Gasteiger partial charge in [0.1, 0.15) is 10.6 Å². The predicted molar refractivity (Wildman–Crippen MR) is 79.3 cm³/mol. The second-order valence-electron chi connectivity index (χ2n) is 4.45. The number of hydrogen-bond acceptors (Lipinski definition) is 6. The van der Waals surface area contributed by atoms with Crippen LogP contribution in [0.1, 0.15) is 25.7 Å². The van der Waals surface area contributed by atoms with Crippen LogP contribution in [0.15, 0.2) is 24.3 Å². The van der Waals surface area contributed by atoms with E-state index in [4.69, 9.17) is 0 Å². The normalized spacial score (nSPS) is 11.0. The Morgan fingerprint density at radius 1 is 1.21 bits per heavy atom. The van der Waals surface area contributed by atoms with Crippen LogP contribution in [-0.2, 0) is 4.74 Å². The molecule has 1 N–H and O–H groups in total. The number of aryl methyl sites for hydroxylation is 1.